The summed E-state index contributed by atoms with van der Waals surface area (Å²) >= 11 is 0. The van der Waals surface area contributed by atoms with E-state index in [2.05, 4.69) is 15.4 Å². The third kappa shape index (κ3) is 3.13. The van der Waals surface area contributed by atoms with E-state index in [1.54, 1.807) is 11.6 Å². The van der Waals surface area contributed by atoms with Gasteiger partial charge in [0.1, 0.15) is 11.6 Å². The molecule has 1 aromatic heterocycles. The maximum absolute atomic E-state index is 13.1. The molecule has 0 unspecified atom stereocenters. The zero-order chi connectivity index (χ0) is 16.6. The first-order valence-corrected chi connectivity index (χ1v) is 7.15. The Labute approximate surface area is 130 Å². The van der Waals surface area contributed by atoms with E-state index in [4.69, 9.17) is 5.26 Å². The quantitative estimate of drug-likeness (QED) is 0.923. The minimum Gasteiger partial charge on any atom is -0.380 e. The molecule has 2 aromatic rings. The number of halogens is 3. The molecule has 0 spiro atoms. The first kappa shape index (κ1) is 15.3. The van der Waals surface area contributed by atoms with Crippen molar-refractivity contribution in [3.63, 3.8) is 0 Å². The molecule has 1 aliphatic rings. The highest BCUT2D eigenvalue weighted by Crippen LogP contribution is 2.36. The van der Waals surface area contributed by atoms with Crippen LogP contribution < -0.4 is 5.32 Å². The van der Waals surface area contributed by atoms with Gasteiger partial charge in [0.2, 0.25) is 0 Å². The Morgan fingerprint density at radius 1 is 1.39 bits per heavy atom. The third-order valence-electron chi connectivity index (χ3n) is 3.78. The second-order valence-corrected chi connectivity index (χ2v) is 5.51. The predicted octanol–water partition coefficient (Wildman–Crippen LogP) is 2.90. The molecule has 8 heteroatoms. The van der Waals surface area contributed by atoms with Crippen LogP contribution >= 0.6 is 0 Å². The standard InChI is InChI=1S/C15H14F3N5/c1-9-20-14-5-3-11(8-23(14)22-9)21-13-6-10(7-19)2-4-12(13)15(16,17)18/h2,4,6,11,21H,3,5,8H2,1H3/t11-/m0/s1. The van der Waals surface area contributed by atoms with E-state index in [1.807, 2.05) is 6.07 Å². The van der Waals surface area contributed by atoms with Gasteiger partial charge in [0.05, 0.1) is 23.7 Å². The minimum absolute atomic E-state index is 0.0677. The molecule has 1 N–H and O–H groups in total. The van der Waals surface area contributed by atoms with E-state index in [0.29, 0.717) is 25.2 Å². The Hall–Kier alpha value is -2.56. The van der Waals surface area contributed by atoms with Gasteiger partial charge in [-0.05, 0) is 31.5 Å². The molecule has 1 aromatic carbocycles. The van der Waals surface area contributed by atoms with Crippen molar-refractivity contribution in [3.8, 4) is 6.07 Å². The third-order valence-corrected chi connectivity index (χ3v) is 3.78. The average Bonchev–Trinajstić information content (AvgIpc) is 2.85. The molecule has 0 saturated heterocycles. The van der Waals surface area contributed by atoms with Crippen LogP contribution in [0.1, 0.15) is 29.2 Å². The van der Waals surface area contributed by atoms with E-state index in [1.165, 1.54) is 12.1 Å². The molecule has 23 heavy (non-hydrogen) atoms. The number of aryl methyl sites for hydroxylation is 2. The molecule has 5 nitrogen and oxygen atoms in total. The number of nitriles is 1. The van der Waals surface area contributed by atoms with E-state index in [-0.39, 0.29) is 17.3 Å². The maximum atomic E-state index is 13.1. The normalized spacial score (nSPS) is 17.4. The number of benzene rings is 1. The zero-order valence-corrected chi connectivity index (χ0v) is 12.4. The summed E-state index contributed by atoms with van der Waals surface area (Å²) in [5, 5.41) is 16.1. The highest BCUT2D eigenvalue weighted by Gasteiger charge is 2.34. The Morgan fingerprint density at radius 2 is 2.17 bits per heavy atom. The number of nitrogens with zero attached hydrogens (tertiary/aromatic N) is 4. The van der Waals surface area contributed by atoms with E-state index in [0.717, 1.165) is 11.9 Å². The SMILES string of the molecule is Cc1nc2n(n1)C[C@@H](Nc1cc(C#N)ccc1C(F)(F)F)CC2. The lowest BCUT2D eigenvalue weighted by atomic mass is 10.0. The molecule has 2 heterocycles. The van der Waals surface area contributed by atoms with Crippen LogP contribution in [0.3, 0.4) is 0 Å². The van der Waals surface area contributed by atoms with Gasteiger partial charge in [-0.3, -0.25) is 0 Å². The Bertz CT molecular complexity index is 772. The van der Waals surface area contributed by atoms with Crippen molar-refractivity contribution < 1.29 is 13.2 Å². The number of nitrogens with one attached hydrogen (secondary N) is 1. The highest BCUT2D eigenvalue weighted by molar-refractivity contribution is 5.57. The minimum atomic E-state index is -4.47. The largest absolute Gasteiger partial charge is 0.418 e. The lowest BCUT2D eigenvalue weighted by molar-refractivity contribution is -0.137. The smallest absolute Gasteiger partial charge is 0.380 e. The lowest BCUT2D eigenvalue weighted by Gasteiger charge is -2.26. The van der Waals surface area contributed by atoms with Crippen LogP contribution in [0, 0.1) is 18.3 Å². The van der Waals surface area contributed by atoms with Gasteiger partial charge in [0.15, 0.2) is 0 Å². The lowest BCUT2D eigenvalue weighted by Crippen LogP contribution is -2.32. The van der Waals surface area contributed by atoms with Crippen molar-refractivity contribution in [2.24, 2.45) is 0 Å². The number of hydrogen-bond acceptors (Lipinski definition) is 4. The van der Waals surface area contributed by atoms with Gasteiger partial charge >= 0.3 is 6.18 Å². The molecule has 1 aliphatic heterocycles. The molecular weight excluding hydrogens is 307 g/mol. The van der Waals surface area contributed by atoms with E-state index in [9.17, 15) is 13.2 Å². The summed E-state index contributed by atoms with van der Waals surface area (Å²) in [5.41, 5.74) is -0.646. The Kier molecular flexibility index (Phi) is 3.72. The van der Waals surface area contributed by atoms with Crippen molar-refractivity contribution >= 4 is 5.69 Å². The molecule has 0 fully saturated rings. The van der Waals surface area contributed by atoms with Gasteiger partial charge in [-0.25, -0.2) is 9.67 Å². The highest BCUT2D eigenvalue weighted by atomic mass is 19.4. The molecule has 1 atom stereocenters. The van der Waals surface area contributed by atoms with Crippen LogP contribution in [0.4, 0.5) is 18.9 Å². The Morgan fingerprint density at radius 3 is 2.87 bits per heavy atom. The van der Waals surface area contributed by atoms with Crippen LogP contribution in [0.25, 0.3) is 0 Å². The van der Waals surface area contributed by atoms with Gasteiger partial charge in [-0.2, -0.15) is 23.5 Å². The molecule has 0 amide bonds. The van der Waals surface area contributed by atoms with Gasteiger partial charge in [0, 0.05) is 18.2 Å². The first-order valence-electron chi connectivity index (χ1n) is 7.15. The first-order chi connectivity index (χ1) is 10.9. The number of hydrogen-bond donors (Lipinski definition) is 1. The molecular formula is C15H14F3N5. The molecule has 0 bridgehead atoms. The van der Waals surface area contributed by atoms with Crippen LogP contribution in [-0.4, -0.2) is 20.8 Å². The summed E-state index contributed by atoms with van der Waals surface area (Å²) in [6.45, 7) is 2.23. The summed E-state index contributed by atoms with van der Waals surface area (Å²) in [7, 11) is 0. The maximum Gasteiger partial charge on any atom is 0.418 e. The van der Waals surface area contributed by atoms with Crippen LogP contribution in [0.15, 0.2) is 18.2 Å². The van der Waals surface area contributed by atoms with Gasteiger partial charge in [0.25, 0.3) is 0 Å². The number of rotatable bonds is 2. The number of aromatic nitrogens is 3. The van der Waals surface area contributed by atoms with Crippen molar-refractivity contribution in [1.82, 2.24) is 14.8 Å². The number of fused-ring (bicyclic) bond motifs is 1. The van der Waals surface area contributed by atoms with Gasteiger partial charge in [-0.1, -0.05) is 0 Å². The zero-order valence-electron chi connectivity index (χ0n) is 12.4. The topological polar surface area (TPSA) is 66.5 Å². The molecule has 0 saturated carbocycles. The molecule has 0 aliphatic carbocycles. The summed E-state index contributed by atoms with van der Waals surface area (Å²) in [5.74, 6) is 1.51. The fourth-order valence-electron chi connectivity index (χ4n) is 2.75. The summed E-state index contributed by atoms with van der Waals surface area (Å²) in [6.07, 6.45) is -3.16. The summed E-state index contributed by atoms with van der Waals surface area (Å²) in [4.78, 5) is 4.28. The van der Waals surface area contributed by atoms with E-state index < -0.39 is 11.7 Å². The number of alkyl halides is 3. The van der Waals surface area contributed by atoms with Gasteiger partial charge < -0.3 is 5.32 Å². The average molecular weight is 321 g/mol. The van der Waals surface area contributed by atoms with Crippen molar-refractivity contribution in [3.05, 3.63) is 41.0 Å². The fourth-order valence-corrected chi connectivity index (χ4v) is 2.75. The van der Waals surface area contributed by atoms with Crippen molar-refractivity contribution in [2.75, 3.05) is 5.32 Å². The monoisotopic (exact) mass is 321 g/mol. The molecule has 0 radical (unpaired) electrons. The predicted molar refractivity (Wildman–Crippen MR) is 76.6 cm³/mol. The summed E-state index contributed by atoms with van der Waals surface area (Å²) in [6, 6.07) is 5.03. The van der Waals surface area contributed by atoms with Crippen molar-refractivity contribution in [2.45, 2.75) is 38.5 Å². The fraction of sp³-hybridized carbons (Fsp3) is 0.400. The van der Waals surface area contributed by atoms with Crippen LogP contribution in [-0.2, 0) is 19.1 Å². The van der Waals surface area contributed by atoms with Crippen molar-refractivity contribution in [1.29, 1.82) is 5.26 Å². The second-order valence-electron chi connectivity index (χ2n) is 5.51. The molecule has 3 rings (SSSR count). The van der Waals surface area contributed by atoms with Crippen LogP contribution in [0.2, 0.25) is 0 Å². The second kappa shape index (κ2) is 5.57. The molecule has 120 valence electrons. The summed E-state index contributed by atoms with van der Waals surface area (Å²) < 4.78 is 41.1. The number of anilines is 1. The Balaban J connectivity index is 1.87. The van der Waals surface area contributed by atoms with E-state index >= 15 is 0 Å². The van der Waals surface area contributed by atoms with Gasteiger partial charge in [-0.15, -0.1) is 0 Å². The van der Waals surface area contributed by atoms with Crippen LogP contribution in [0.5, 0.6) is 0 Å².